The molecule has 2 atom stereocenters. The van der Waals surface area contributed by atoms with E-state index in [4.69, 9.17) is 11.6 Å². The van der Waals surface area contributed by atoms with Gasteiger partial charge in [0.25, 0.3) is 5.91 Å². The molecule has 1 amide bonds. The van der Waals surface area contributed by atoms with Crippen LogP contribution in [0.2, 0.25) is 0 Å². The van der Waals surface area contributed by atoms with E-state index in [1.54, 1.807) is 0 Å². The number of alkyl halides is 4. The largest absolute Gasteiger partial charge is 0.416 e. The normalized spacial score (nSPS) is 26.0. The summed E-state index contributed by atoms with van der Waals surface area (Å²) in [5.41, 5.74) is 4.39. The lowest BCUT2D eigenvalue weighted by molar-refractivity contribution is -0.138. The topological polar surface area (TPSA) is 47.6 Å². The summed E-state index contributed by atoms with van der Waals surface area (Å²) in [6, 6.07) is 2.61. The van der Waals surface area contributed by atoms with Crippen molar-refractivity contribution in [1.82, 2.24) is 20.7 Å². The molecule has 2 fully saturated rings. The molecule has 2 aliphatic rings. The molecule has 3 rings (SSSR count). The number of piperazine rings is 1. The summed E-state index contributed by atoms with van der Waals surface area (Å²) in [6.07, 6.45) is -4.59. The van der Waals surface area contributed by atoms with Crippen LogP contribution >= 0.6 is 11.6 Å². The van der Waals surface area contributed by atoms with Gasteiger partial charge in [0.2, 0.25) is 0 Å². The van der Waals surface area contributed by atoms with Gasteiger partial charge in [0.05, 0.1) is 5.56 Å². The van der Waals surface area contributed by atoms with Gasteiger partial charge in [-0.05, 0) is 17.7 Å². The number of hydrogen-bond acceptors (Lipinski definition) is 4. The SMILES string of the molecule is O=C1NNCC(N2CCN(Cc3ccc(F)cc3C(F)(F)F)CC2)C1Cl. The van der Waals surface area contributed by atoms with Gasteiger partial charge in [-0.25, -0.2) is 9.82 Å². The molecule has 1 aromatic rings. The Morgan fingerprint density at radius 2 is 1.88 bits per heavy atom. The standard InChI is InChI=1S/C16H19ClF4N4O/c17-14-13(8-22-23-15(14)26)25-5-3-24(4-6-25)9-10-1-2-11(18)7-12(10)16(19,20)21/h1-2,7,13-14,22H,3-6,8-9H2,(H,23,26). The van der Waals surface area contributed by atoms with Crippen molar-refractivity contribution in [3.63, 3.8) is 0 Å². The van der Waals surface area contributed by atoms with Crippen molar-refractivity contribution >= 4 is 17.5 Å². The number of nitrogens with one attached hydrogen (secondary N) is 2. The molecule has 0 aromatic heterocycles. The van der Waals surface area contributed by atoms with Crippen molar-refractivity contribution in [3.05, 3.63) is 35.1 Å². The van der Waals surface area contributed by atoms with E-state index in [2.05, 4.69) is 15.8 Å². The zero-order chi connectivity index (χ0) is 18.9. The van der Waals surface area contributed by atoms with Crippen LogP contribution in [0, 0.1) is 5.82 Å². The predicted molar refractivity (Wildman–Crippen MR) is 87.8 cm³/mol. The van der Waals surface area contributed by atoms with Crippen molar-refractivity contribution in [1.29, 1.82) is 0 Å². The lowest BCUT2D eigenvalue weighted by atomic mass is 10.1. The summed E-state index contributed by atoms with van der Waals surface area (Å²) in [7, 11) is 0. The first-order valence-electron chi connectivity index (χ1n) is 8.24. The predicted octanol–water partition coefficient (Wildman–Crippen LogP) is 1.57. The molecule has 0 radical (unpaired) electrons. The van der Waals surface area contributed by atoms with Gasteiger partial charge in [0.15, 0.2) is 0 Å². The summed E-state index contributed by atoms with van der Waals surface area (Å²) in [6.45, 7) is 2.86. The Kier molecular flexibility index (Phi) is 5.71. The molecule has 0 saturated carbocycles. The number of rotatable bonds is 3. The fraction of sp³-hybridized carbons (Fsp3) is 0.562. The number of carbonyl (C=O) groups is 1. The quantitative estimate of drug-likeness (QED) is 0.603. The number of amides is 1. The summed E-state index contributed by atoms with van der Waals surface area (Å²) in [5, 5.41) is -0.670. The van der Waals surface area contributed by atoms with Crippen LogP contribution < -0.4 is 10.9 Å². The molecule has 2 heterocycles. The number of carbonyl (C=O) groups excluding carboxylic acids is 1. The van der Waals surface area contributed by atoms with Crippen LogP contribution in [-0.4, -0.2) is 59.8 Å². The van der Waals surface area contributed by atoms with Gasteiger partial charge in [-0.2, -0.15) is 13.2 Å². The first kappa shape index (κ1) is 19.3. The molecule has 2 unspecified atom stereocenters. The third-order valence-electron chi connectivity index (χ3n) is 4.76. The van der Waals surface area contributed by atoms with Gasteiger partial charge >= 0.3 is 6.18 Å². The second-order valence-corrected chi connectivity index (χ2v) is 6.92. The van der Waals surface area contributed by atoms with E-state index in [9.17, 15) is 22.4 Å². The van der Waals surface area contributed by atoms with Crippen LogP contribution in [0.25, 0.3) is 0 Å². The highest BCUT2D eigenvalue weighted by Crippen LogP contribution is 2.33. The van der Waals surface area contributed by atoms with E-state index in [0.29, 0.717) is 38.8 Å². The van der Waals surface area contributed by atoms with Crippen LogP contribution in [0.15, 0.2) is 18.2 Å². The highest BCUT2D eigenvalue weighted by Gasteiger charge is 2.37. The zero-order valence-corrected chi connectivity index (χ0v) is 14.6. The van der Waals surface area contributed by atoms with E-state index in [1.165, 1.54) is 6.07 Å². The Labute approximate surface area is 153 Å². The lowest BCUT2D eigenvalue weighted by Gasteiger charge is -2.42. The van der Waals surface area contributed by atoms with E-state index in [1.807, 2.05) is 4.90 Å². The van der Waals surface area contributed by atoms with Gasteiger partial charge in [-0.1, -0.05) is 6.07 Å². The molecular formula is C16H19ClF4N4O. The minimum absolute atomic E-state index is 0.0567. The molecule has 2 saturated heterocycles. The maximum absolute atomic E-state index is 13.2. The molecule has 2 N–H and O–H groups in total. The highest BCUT2D eigenvalue weighted by atomic mass is 35.5. The van der Waals surface area contributed by atoms with Gasteiger partial charge in [-0.3, -0.25) is 20.0 Å². The summed E-state index contributed by atoms with van der Waals surface area (Å²) >= 11 is 6.15. The number of hydrazine groups is 1. The second-order valence-electron chi connectivity index (χ2n) is 6.45. The number of benzene rings is 1. The zero-order valence-electron chi connectivity index (χ0n) is 13.8. The van der Waals surface area contributed by atoms with Crippen LogP contribution in [0.3, 0.4) is 0 Å². The highest BCUT2D eigenvalue weighted by molar-refractivity contribution is 6.31. The molecular weight excluding hydrogens is 376 g/mol. The lowest BCUT2D eigenvalue weighted by Crippen LogP contribution is -2.64. The summed E-state index contributed by atoms with van der Waals surface area (Å²) in [5.74, 6) is -1.19. The van der Waals surface area contributed by atoms with E-state index in [0.717, 1.165) is 6.07 Å². The number of hydrogen-bond donors (Lipinski definition) is 2. The third kappa shape index (κ3) is 4.28. The molecule has 10 heteroatoms. The van der Waals surface area contributed by atoms with Crippen molar-refractivity contribution in [2.75, 3.05) is 32.7 Å². The molecule has 26 heavy (non-hydrogen) atoms. The van der Waals surface area contributed by atoms with Gasteiger partial charge in [0.1, 0.15) is 11.2 Å². The Morgan fingerprint density at radius 1 is 1.19 bits per heavy atom. The molecule has 5 nitrogen and oxygen atoms in total. The van der Waals surface area contributed by atoms with Gasteiger partial charge in [0, 0.05) is 45.3 Å². The number of nitrogens with zero attached hydrogens (tertiary/aromatic N) is 2. The fourth-order valence-corrected chi connectivity index (χ4v) is 3.65. The average Bonchev–Trinajstić information content (AvgIpc) is 2.59. The van der Waals surface area contributed by atoms with Crippen LogP contribution in [0.1, 0.15) is 11.1 Å². The van der Waals surface area contributed by atoms with Gasteiger partial charge < -0.3 is 0 Å². The minimum Gasteiger partial charge on any atom is -0.297 e. The van der Waals surface area contributed by atoms with Crippen molar-refractivity contribution < 1.29 is 22.4 Å². The monoisotopic (exact) mass is 394 g/mol. The molecule has 2 aliphatic heterocycles. The molecule has 1 aromatic carbocycles. The minimum atomic E-state index is -4.59. The Bertz CT molecular complexity index is 664. The molecule has 0 aliphatic carbocycles. The van der Waals surface area contributed by atoms with Crippen LogP contribution in [0.5, 0.6) is 0 Å². The molecule has 0 spiro atoms. The van der Waals surface area contributed by atoms with Crippen molar-refractivity contribution in [3.8, 4) is 0 Å². The first-order valence-corrected chi connectivity index (χ1v) is 8.68. The third-order valence-corrected chi connectivity index (χ3v) is 5.25. The van der Waals surface area contributed by atoms with E-state index in [-0.39, 0.29) is 24.1 Å². The van der Waals surface area contributed by atoms with Crippen LogP contribution in [0.4, 0.5) is 17.6 Å². The molecule has 144 valence electrons. The molecule has 0 bridgehead atoms. The van der Waals surface area contributed by atoms with Crippen LogP contribution in [-0.2, 0) is 17.5 Å². The van der Waals surface area contributed by atoms with E-state index < -0.39 is 22.9 Å². The fourth-order valence-electron chi connectivity index (χ4n) is 3.35. The first-order chi connectivity index (χ1) is 12.3. The maximum atomic E-state index is 13.2. The van der Waals surface area contributed by atoms with Crippen molar-refractivity contribution in [2.24, 2.45) is 0 Å². The summed E-state index contributed by atoms with van der Waals surface area (Å²) < 4.78 is 52.6. The van der Waals surface area contributed by atoms with E-state index >= 15 is 0 Å². The summed E-state index contributed by atoms with van der Waals surface area (Å²) in [4.78, 5) is 15.6. The Hall–Kier alpha value is -1.42. The maximum Gasteiger partial charge on any atom is 0.416 e. The van der Waals surface area contributed by atoms with Gasteiger partial charge in [-0.15, -0.1) is 11.6 Å². The average molecular weight is 395 g/mol. The number of halogens is 5. The Morgan fingerprint density at radius 3 is 2.54 bits per heavy atom. The van der Waals surface area contributed by atoms with Crippen molar-refractivity contribution in [2.45, 2.75) is 24.1 Å². The Balaban J connectivity index is 1.62. The smallest absolute Gasteiger partial charge is 0.297 e. The second kappa shape index (κ2) is 7.67.